The molecule has 0 aromatic rings. The second-order valence-corrected chi connectivity index (χ2v) is 28.4. The lowest BCUT2D eigenvalue weighted by atomic mass is 9.48. The molecule has 8 aliphatic carbocycles. The van der Waals surface area contributed by atoms with Gasteiger partial charge in [-0.2, -0.15) is 0 Å². The lowest BCUT2D eigenvalue weighted by Gasteiger charge is -2.56. The molecule has 9 aliphatic rings. The fourth-order valence-electron chi connectivity index (χ4n) is 19.0. The van der Waals surface area contributed by atoms with Crippen LogP contribution in [0, 0.1) is 91.7 Å². The lowest BCUT2D eigenvalue weighted by molar-refractivity contribution is -0.148. The van der Waals surface area contributed by atoms with Crippen LogP contribution in [-0.2, 0) is 14.4 Å². The van der Waals surface area contributed by atoms with E-state index in [-0.39, 0.29) is 104 Å². The van der Waals surface area contributed by atoms with Crippen LogP contribution >= 0.6 is 0 Å². The van der Waals surface area contributed by atoms with E-state index in [9.17, 15) is 24.6 Å². The smallest absolute Gasteiger partial charge is 0.223 e. The van der Waals surface area contributed by atoms with Gasteiger partial charge in [0.25, 0.3) is 0 Å². The zero-order chi connectivity index (χ0) is 53.7. The first-order valence-electron chi connectivity index (χ1n) is 29.6. The summed E-state index contributed by atoms with van der Waals surface area (Å²) in [7, 11) is 8.38. The zero-order valence-electron chi connectivity index (χ0n) is 48.7. The maximum absolute atomic E-state index is 13.9. The van der Waals surface area contributed by atoms with Crippen molar-refractivity contribution in [2.75, 3.05) is 41.3 Å². The number of Topliss-reactive ketones (excluding diaryl/α,β-unsaturated/α-hetero) is 2. The number of rotatable bonds is 10. The second-order valence-electron chi connectivity index (χ2n) is 28.4. The predicted octanol–water partition coefficient (Wildman–Crippen LogP) is 9.25. The molecule has 0 saturated heterocycles. The van der Waals surface area contributed by atoms with Crippen molar-refractivity contribution in [3.05, 3.63) is 23.3 Å². The van der Waals surface area contributed by atoms with Crippen LogP contribution in [0.3, 0.4) is 0 Å². The van der Waals surface area contributed by atoms with Crippen molar-refractivity contribution in [3.63, 3.8) is 0 Å². The van der Waals surface area contributed by atoms with E-state index in [2.05, 4.69) is 130 Å². The molecule has 6 fully saturated rings. The number of nitrogens with one attached hydrogen (secondary N) is 2. The highest BCUT2D eigenvalue weighted by Gasteiger charge is 2.70. The maximum atomic E-state index is 13.9. The van der Waals surface area contributed by atoms with Gasteiger partial charge >= 0.3 is 0 Å². The first-order chi connectivity index (χ1) is 34.1. The van der Waals surface area contributed by atoms with Crippen molar-refractivity contribution in [1.29, 1.82) is 0 Å². The molecule has 11 nitrogen and oxygen atoms in total. The molecule has 1 heterocycles. The fraction of sp³-hybridized carbons (Fsp3) is 0.871. The van der Waals surface area contributed by atoms with E-state index >= 15 is 0 Å². The van der Waals surface area contributed by atoms with Crippen LogP contribution in [0.25, 0.3) is 0 Å². The number of carbonyl (C=O) groups is 3. The average Bonchev–Trinajstić information content (AvgIpc) is 3.49. The van der Waals surface area contributed by atoms with Crippen molar-refractivity contribution in [1.82, 2.24) is 20.4 Å². The van der Waals surface area contributed by atoms with Crippen molar-refractivity contribution in [2.24, 2.45) is 102 Å². The van der Waals surface area contributed by atoms with Gasteiger partial charge in [0.2, 0.25) is 5.91 Å². The lowest BCUT2D eigenvalue weighted by Crippen LogP contribution is -2.57. The summed E-state index contributed by atoms with van der Waals surface area (Å²) in [5, 5.41) is 30.1. The molecule has 6 saturated carbocycles. The summed E-state index contributed by atoms with van der Waals surface area (Å²) in [6, 6.07) is 0.904. The molecular formula is C62H104N6O5. The Morgan fingerprint density at radius 2 is 1.22 bits per heavy atom. The summed E-state index contributed by atoms with van der Waals surface area (Å²) in [5.41, 5.74) is 8.80. The highest BCUT2D eigenvalue weighted by molar-refractivity contribution is 5.86. The topological polar surface area (TPSA) is 161 Å². The number of allylic oxidation sites excluding steroid dienone is 2. The average molecular weight is 1010 g/mol. The van der Waals surface area contributed by atoms with Crippen LogP contribution < -0.4 is 16.4 Å². The summed E-state index contributed by atoms with van der Waals surface area (Å²) in [5.74, 6) is 4.33. The Morgan fingerprint density at radius 3 is 1.68 bits per heavy atom. The number of ketones is 2. The molecule has 0 radical (unpaired) electrons. The molecule has 1 amide bonds. The summed E-state index contributed by atoms with van der Waals surface area (Å²) in [6.45, 7) is 28.6. The summed E-state index contributed by atoms with van der Waals surface area (Å²) in [6.07, 6.45) is 16.5. The molecule has 6 N–H and O–H groups in total. The van der Waals surface area contributed by atoms with Gasteiger partial charge in [-0.1, -0.05) is 92.5 Å². The Hall–Kier alpha value is -2.44. The number of aliphatic hydroxyl groups excluding tert-OH is 2. The molecule has 0 unspecified atom stereocenters. The minimum atomic E-state index is -0.391. The molecule has 0 aromatic carbocycles. The van der Waals surface area contributed by atoms with E-state index in [0.29, 0.717) is 54.7 Å². The molecule has 1 aliphatic heterocycles. The van der Waals surface area contributed by atoms with E-state index < -0.39 is 6.10 Å². The largest absolute Gasteiger partial charge is 0.393 e. The maximum Gasteiger partial charge on any atom is 0.223 e. The Bertz CT molecular complexity index is 2190. The number of amides is 1. The van der Waals surface area contributed by atoms with Gasteiger partial charge in [-0.25, -0.2) is 0 Å². The van der Waals surface area contributed by atoms with Gasteiger partial charge in [0.1, 0.15) is 11.6 Å². The Balaban J connectivity index is 0.000000195. The number of amidine groups is 1. The van der Waals surface area contributed by atoms with Gasteiger partial charge in [-0.05, 0) is 164 Å². The quantitative estimate of drug-likeness (QED) is 0.135. The van der Waals surface area contributed by atoms with E-state index in [1.165, 1.54) is 17.0 Å². The Morgan fingerprint density at radius 1 is 0.740 bits per heavy atom. The van der Waals surface area contributed by atoms with E-state index in [0.717, 1.165) is 83.6 Å². The third kappa shape index (κ3) is 8.93. The molecule has 73 heavy (non-hydrogen) atoms. The number of aliphatic imine (C=N–C) groups is 1. The van der Waals surface area contributed by atoms with Crippen LogP contribution in [0.5, 0.6) is 0 Å². The van der Waals surface area contributed by atoms with Gasteiger partial charge in [-0.15, -0.1) is 0 Å². The first kappa shape index (κ1) is 56.8. The summed E-state index contributed by atoms with van der Waals surface area (Å²) in [4.78, 5) is 50.3. The van der Waals surface area contributed by atoms with Crippen LogP contribution in [0.4, 0.5) is 0 Å². The monoisotopic (exact) mass is 1010 g/mol. The summed E-state index contributed by atoms with van der Waals surface area (Å²) >= 11 is 0. The number of aliphatic hydroxyl groups is 2. The third-order valence-corrected chi connectivity index (χ3v) is 24.9. The standard InChI is InChI=1S/C31H53N3O3.C31H51N3O2/c1-9-18(2)28(37)33-26-13-10-20-14-21-23(12-11-22(20)29(26,4)17-32)30(5)16-25(36)27(19(3)34(7)8)31(30,6)15-24(21)35;1-9-18(2)28-32-17-29(4)22-11-12-23-21(14-20(22)10-13-26(29)33-28)24(35)15-31(6)27(19(3)34(7)8)25(36)16-30(23,31)5/h10,18-19,21-23,25-27,36H,9,11-17,32H2,1-8H3,(H,33,37);10,18-19,21-23,25-27,36H,9,11-17H2,1-8H3,(H,32,33)/t2*18-,19-,21+,22+,23+,25+,26-,27-,29-,30-,31+/m00/s1. The second kappa shape index (κ2) is 20.4. The normalized spacial score (nSPS) is 46.6. The van der Waals surface area contributed by atoms with Gasteiger partial charge in [0, 0.05) is 96.4 Å². The SMILES string of the molecule is CC[C@H](C)C(=O)N[C@H]1CC=C2C[C@H]3C(=O)C[C@]4(C)[C@@H]([C@H](C)N(C)C)[C@H](O)C[C@@]4(C)[C@@H]3CC[C@H]2[C@]1(C)CN.CC[C@H](C)C1=NC[C@]2(C)[C@H](CC=C3C[C@H]4C(=O)C[C@]5(C)[C@@H]([C@H](C)N(C)C)[C@H](O)C[C@@]5(C)[C@@H]4CC[C@H]32)N1. The zero-order valence-corrected chi connectivity index (χ0v) is 48.7. The third-order valence-electron chi connectivity index (χ3n) is 24.9. The number of nitrogens with two attached hydrogens (primary N) is 1. The van der Waals surface area contributed by atoms with Crippen molar-refractivity contribution < 1.29 is 24.6 Å². The minimum absolute atomic E-state index is 0.00838. The molecule has 9 rings (SSSR count). The van der Waals surface area contributed by atoms with Crippen LogP contribution in [0.1, 0.15) is 173 Å². The van der Waals surface area contributed by atoms with Crippen LogP contribution in [0.15, 0.2) is 28.3 Å². The molecule has 0 spiro atoms. The van der Waals surface area contributed by atoms with Crippen molar-refractivity contribution >= 4 is 23.3 Å². The first-order valence-corrected chi connectivity index (χ1v) is 29.6. The molecule has 412 valence electrons. The Labute approximate surface area is 443 Å². The van der Waals surface area contributed by atoms with Gasteiger partial charge < -0.3 is 36.4 Å². The molecular weight excluding hydrogens is 909 g/mol. The number of nitrogens with zero attached hydrogens (tertiary/aromatic N) is 3. The minimum Gasteiger partial charge on any atom is -0.393 e. The molecule has 0 bridgehead atoms. The molecule has 0 aromatic heterocycles. The van der Waals surface area contributed by atoms with Gasteiger partial charge in [-0.3, -0.25) is 19.4 Å². The number of hydrogen-bond donors (Lipinski definition) is 5. The fourth-order valence-corrected chi connectivity index (χ4v) is 19.0. The highest BCUT2D eigenvalue weighted by atomic mass is 16.3. The van der Waals surface area contributed by atoms with Crippen LogP contribution in [-0.4, -0.2) is 121 Å². The number of fused-ring (bicyclic) bond motifs is 10. The number of hydrogen-bond acceptors (Lipinski definition) is 10. The van der Waals surface area contributed by atoms with E-state index in [1.807, 2.05) is 13.8 Å². The van der Waals surface area contributed by atoms with Gasteiger partial charge in [0.15, 0.2) is 0 Å². The van der Waals surface area contributed by atoms with Crippen LogP contribution in [0.2, 0.25) is 0 Å². The van der Waals surface area contributed by atoms with Crippen molar-refractivity contribution in [2.45, 2.75) is 209 Å². The number of carbonyl (C=O) groups excluding carboxylic acids is 3. The predicted molar refractivity (Wildman–Crippen MR) is 296 cm³/mol. The molecule has 11 heteroatoms. The van der Waals surface area contributed by atoms with Gasteiger partial charge in [0.05, 0.1) is 18.0 Å². The van der Waals surface area contributed by atoms with E-state index in [1.54, 1.807) is 0 Å². The summed E-state index contributed by atoms with van der Waals surface area (Å²) < 4.78 is 0. The van der Waals surface area contributed by atoms with Crippen molar-refractivity contribution in [3.8, 4) is 0 Å². The van der Waals surface area contributed by atoms with E-state index in [4.69, 9.17) is 10.7 Å². The Kier molecular flexibility index (Phi) is 15.9. The highest BCUT2D eigenvalue weighted by Crippen LogP contribution is 2.71. The molecule has 22 atom stereocenters.